The molecule has 37 heavy (non-hydrogen) atoms. The molecule has 2 unspecified atom stereocenters. The van der Waals surface area contributed by atoms with E-state index in [0.29, 0.717) is 42.9 Å². The summed E-state index contributed by atoms with van der Waals surface area (Å²) < 4.78 is 42.8. The lowest BCUT2D eigenvalue weighted by atomic mass is 10.00. The number of benzene rings is 1. The highest BCUT2D eigenvalue weighted by Gasteiger charge is 2.46. The smallest absolute Gasteiger partial charge is 0.410 e. The molecule has 5 rings (SSSR count). The summed E-state index contributed by atoms with van der Waals surface area (Å²) in [6.45, 7) is 7.42. The third-order valence-electron chi connectivity index (χ3n) is 6.97. The number of hydrogen-bond acceptors (Lipinski definition) is 8. The molecule has 1 aromatic carbocycles. The van der Waals surface area contributed by atoms with Gasteiger partial charge in [0, 0.05) is 24.9 Å². The highest BCUT2D eigenvalue weighted by atomic mass is 35.5. The Kier molecular flexibility index (Phi) is 6.77. The van der Waals surface area contributed by atoms with Crippen LogP contribution in [-0.4, -0.2) is 58.4 Å². The summed E-state index contributed by atoms with van der Waals surface area (Å²) >= 11 is 6.37. The fraction of sp³-hybridized carbons (Fsp3) is 0.577. The topological polar surface area (TPSA) is 108 Å². The van der Waals surface area contributed by atoms with Crippen LogP contribution in [0.3, 0.4) is 0 Å². The van der Waals surface area contributed by atoms with Gasteiger partial charge in [-0.25, -0.2) is 23.2 Å². The van der Waals surface area contributed by atoms with Crippen molar-refractivity contribution in [2.45, 2.75) is 100 Å². The Morgan fingerprint density at radius 3 is 2.30 bits per heavy atom. The molecule has 3 fully saturated rings. The lowest BCUT2D eigenvalue weighted by Crippen LogP contribution is -2.50. The Hall–Kier alpha value is -2.59. The first-order chi connectivity index (χ1) is 17.4. The number of hydrogen-bond donors (Lipinski definition) is 0. The number of carbonyl (C=O) groups is 1. The minimum Gasteiger partial charge on any atom is -0.474 e. The van der Waals surface area contributed by atoms with Gasteiger partial charge < -0.3 is 19.1 Å². The summed E-state index contributed by atoms with van der Waals surface area (Å²) in [5, 5.41) is -0.126. The fourth-order valence-electron chi connectivity index (χ4n) is 5.05. The second kappa shape index (κ2) is 9.62. The minimum absolute atomic E-state index is 0.0701. The third kappa shape index (κ3) is 5.50. The average molecular weight is 550 g/mol. The van der Waals surface area contributed by atoms with Crippen molar-refractivity contribution in [3.8, 4) is 17.5 Å². The lowest BCUT2D eigenvalue weighted by molar-refractivity contribution is -0.00773. The second-order valence-electron chi connectivity index (χ2n) is 11.0. The molecular weight excluding hydrogens is 518 g/mol. The van der Waals surface area contributed by atoms with Crippen molar-refractivity contribution in [2.75, 3.05) is 0 Å². The molecule has 9 nitrogen and oxygen atoms in total. The van der Waals surface area contributed by atoms with Crippen LogP contribution in [0, 0.1) is 6.92 Å². The third-order valence-corrected chi connectivity index (χ3v) is 9.52. The van der Waals surface area contributed by atoms with E-state index >= 15 is 0 Å². The van der Waals surface area contributed by atoms with Crippen LogP contribution >= 0.6 is 11.6 Å². The maximum Gasteiger partial charge on any atom is 0.410 e. The van der Waals surface area contributed by atoms with Gasteiger partial charge in [0.05, 0.1) is 20.7 Å². The zero-order valence-corrected chi connectivity index (χ0v) is 23.0. The SMILES string of the molecule is Cc1c(Oc2ccc(S(=O)(=O)C3CC3)cc2Cl)ncnc1OC1CC2CC[C@@H](C1)N2C(=O)OC(C)(C)C. The number of nitrogens with zero attached hydrogens (tertiary/aromatic N) is 3. The van der Waals surface area contributed by atoms with Crippen LogP contribution in [0.1, 0.15) is 64.9 Å². The zero-order chi connectivity index (χ0) is 26.5. The number of fused-ring (bicyclic) bond motifs is 2. The maximum atomic E-state index is 12.7. The molecule has 2 bridgehead atoms. The van der Waals surface area contributed by atoms with Crippen molar-refractivity contribution < 1.29 is 27.4 Å². The number of aromatic nitrogens is 2. The summed E-state index contributed by atoms with van der Waals surface area (Å²) in [5.74, 6) is 0.982. The van der Waals surface area contributed by atoms with Gasteiger partial charge in [-0.15, -0.1) is 0 Å². The standard InChI is InChI=1S/C26H32ClN3O6S/c1-15-23(34-18-11-16-5-6-17(12-18)30(16)25(31)36-26(2,3)4)28-14-29-24(15)35-22-10-9-20(13-21(22)27)37(32,33)19-7-8-19/h9-10,13-14,16-19H,5-8,11-12H2,1-4H3/t16-,17?,18?/m0/s1. The quantitative estimate of drug-likeness (QED) is 0.466. The van der Waals surface area contributed by atoms with Gasteiger partial charge in [-0.2, -0.15) is 0 Å². The maximum absolute atomic E-state index is 12.7. The van der Waals surface area contributed by atoms with E-state index in [1.165, 1.54) is 18.5 Å². The molecule has 0 N–H and O–H groups in total. The van der Waals surface area contributed by atoms with E-state index in [4.69, 9.17) is 25.8 Å². The number of halogens is 1. The largest absolute Gasteiger partial charge is 0.474 e. The predicted octanol–water partition coefficient (Wildman–Crippen LogP) is 5.48. The van der Waals surface area contributed by atoms with E-state index in [1.54, 1.807) is 13.0 Å². The van der Waals surface area contributed by atoms with E-state index in [-0.39, 0.29) is 45.3 Å². The van der Waals surface area contributed by atoms with E-state index < -0.39 is 15.4 Å². The molecule has 200 valence electrons. The van der Waals surface area contributed by atoms with E-state index in [9.17, 15) is 13.2 Å². The molecule has 11 heteroatoms. The molecule has 2 aromatic rings. The highest BCUT2D eigenvalue weighted by molar-refractivity contribution is 7.92. The molecule has 2 aliphatic heterocycles. The van der Waals surface area contributed by atoms with Crippen LogP contribution in [0.5, 0.6) is 17.5 Å². The molecule has 3 aliphatic rings. The van der Waals surface area contributed by atoms with Crippen LogP contribution in [0.25, 0.3) is 0 Å². The van der Waals surface area contributed by atoms with Crippen molar-refractivity contribution in [1.82, 2.24) is 14.9 Å². The lowest BCUT2D eigenvalue weighted by Gasteiger charge is -2.39. The van der Waals surface area contributed by atoms with Gasteiger partial charge in [0.25, 0.3) is 0 Å². The monoisotopic (exact) mass is 549 g/mol. The molecule has 3 atom stereocenters. The number of piperidine rings is 1. The Morgan fingerprint density at radius 2 is 1.70 bits per heavy atom. The zero-order valence-electron chi connectivity index (χ0n) is 21.4. The van der Waals surface area contributed by atoms with Crippen LogP contribution in [0.2, 0.25) is 5.02 Å². The summed E-state index contributed by atoms with van der Waals surface area (Å²) in [6.07, 6.45) is 5.59. The number of rotatable bonds is 6. The van der Waals surface area contributed by atoms with Gasteiger partial charge in [-0.1, -0.05) is 11.6 Å². The van der Waals surface area contributed by atoms with Gasteiger partial charge in [-0.05, 0) is 71.6 Å². The molecule has 0 radical (unpaired) electrons. The molecule has 0 spiro atoms. The Labute approximate surface area is 222 Å². The van der Waals surface area contributed by atoms with Crippen molar-refractivity contribution >= 4 is 27.5 Å². The van der Waals surface area contributed by atoms with Gasteiger partial charge >= 0.3 is 6.09 Å². The molecule has 2 saturated heterocycles. The van der Waals surface area contributed by atoms with E-state index in [0.717, 1.165) is 12.8 Å². The number of amides is 1. The van der Waals surface area contributed by atoms with Gasteiger partial charge in [0.1, 0.15) is 23.8 Å². The second-order valence-corrected chi connectivity index (χ2v) is 13.7. The fourth-order valence-corrected chi connectivity index (χ4v) is 7.02. The summed E-state index contributed by atoms with van der Waals surface area (Å²) in [7, 11) is -3.35. The highest BCUT2D eigenvalue weighted by Crippen LogP contribution is 2.40. The minimum atomic E-state index is -3.35. The summed E-state index contributed by atoms with van der Waals surface area (Å²) in [5.41, 5.74) is 0.0719. The molecule has 1 saturated carbocycles. The van der Waals surface area contributed by atoms with Crippen molar-refractivity contribution in [1.29, 1.82) is 0 Å². The van der Waals surface area contributed by atoms with Gasteiger partial charge in [-0.3, -0.25) is 0 Å². The average Bonchev–Trinajstić information content (AvgIpc) is 3.62. The van der Waals surface area contributed by atoms with Crippen molar-refractivity contribution in [3.05, 3.63) is 35.1 Å². The van der Waals surface area contributed by atoms with Crippen LogP contribution in [0.4, 0.5) is 4.79 Å². The summed E-state index contributed by atoms with van der Waals surface area (Å²) in [4.78, 5) is 23.3. The Bertz CT molecular complexity index is 1290. The molecule has 1 aliphatic carbocycles. The van der Waals surface area contributed by atoms with Crippen molar-refractivity contribution in [2.24, 2.45) is 0 Å². The Balaban J connectivity index is 1.27. The number of carbonyl (C=O) groups excluding carboxylic acids is 1. The normalized spacial score (nSPS) is 23.6. The van der Waals surface area contributed by atoms with Crippen LogP contribution < -0.4 is 9.47 Å². The first-order valence-corrected chi connectivity index (χ1v) is 14.6. The first-order valence-electron chi connectivity index (χ1n) is 12.6. The number of sulfone groups is 1. The molecular formula is C26H32ClN3O6S. The van der Waals surface area contributed by atoms with Gasteiger partial charge in [0.15, 0.2) is 9.84 Å². The summed E-state index contributed by atoms with van der Waals surface area (Å²) in [6, 6.07) is 4.62. The first kappa shape index (κ1) is 26.0. The predicted molar refractivity (Wildman–Crippen MR) is 137 cm³/mol. The molecule has 3 heterocycles. The van der Waals surface area contributed by atoms with Crippen LogP contribution in [-0.2, 0) is 14.6 Å². The van der Waals surface area contributed by atoms with Crippen molar-refractivity contribution in [3.63, 3.8) is 0 Å². The number of ether oxygens (including phenoxy) is 3. The Morgan fingerprint density at radius 1 is 1.05 bits per heavy atom. The van der Waals surface area contributed by atoms with Crippen LogP contribution in [0.15, 0.2) is 29.4 Å². The van der Waals surface area contributed by atoms with Gasteiger partial charge in [0.2, 0.25) is 11.8 Å². The van der Waals surface area contributed by atoms with E-state index in [2.05, 4.69) is 9.97 Å². The molecule has 1 aromatic heterocycles. The molecule has 1 amide bonds. The van der Waals surface area contributed by atoms with E-state index in [1.807, 2.05) is 25.7 Å².